The van der Waals surface area contributed by atoms with Crippen molar-refractivity contribution in [2.24, 2.45) is 0 Å². The summed E-state index contributed by atoms with van der Waals surface area (Å²) in [5.41, 5.74) is 3.28. The Labute approximate surface area is 307 Å². The first-order chi connectivity index (χ1) is 25.4. The van der Waals surface area contributed by atoms with Crippen LogP contribution in [0.15, 0.2) is 72.9 Å². The molecule has 5 aromatic rings. The van der Waals surface area contributed by atoms with Gasteiger partial charge in [0, 0.05) is 56.6 Å². The second-order valence-corrected chi connectivity index (χ2v) is 14.2. The minimum atomic E-state index is -4.57. The summed E-state index contributed by atoms with van der Waals surface area (Å²) in [5, 5.41) is 2.61. The smallest absolute Gasteiger partial charge is 0.417 e. The second kappa shape index (κ2) is 15.0. The topological polar surface area (TPSA) is 114 Å². The third kappa shape index (κ3) is 7.88. The molecule has 4 heterocycles. The van der Waals surface area contributed by atoms with E-state index in [2.05, 4.69) is 15.3 Å². The minimum Gasteiger partial charge on any atom is -0.491 e. The quantitative estimate of drug-likeness (QED) is 0.109. The Kier molecular flexibility index (Phi) is 10.2. The number of aromatic nitrogens is 2. The van der Waals surface area contributed by atoms with Crippen molar-refractivity contribution in [3.05, 3.63) is 95.2 Å². The Bertz CT molecular complexity index is 2190. The van der Waals surface area contributed by atoms with E-state index in [1.807, 2.05) is 37.2 Å². The number of imide groups is 1. The van der Waals surface area contributed by atoms with Crippen LogP contribution in [-0.4, -0.2) is 72.5 Å². The van der Waals surface area contributed by atoms with Crippen LogP contribution >= 0.6 is 11.3 Å². The Morgan fingerprint density at radius 2 is 1.75 bits per heavy atom. The van der Waals surface area contributed by atoms with Crippen LogP contribution in [0.25, 0.3) is 31.9 Å². The summed E-state index contributed by atoms with van der Waals surface area (Å²) in [6.07, 6.45) is -1.04. The highest BCUT2D eigenvalue weighted by atomic mass is 32.1. The molecular formula is C39H36F3N5O5S. The van der Waals surface area contributed by atoms with Crippen molar-refractivity contribution in [1.29, 1.82) is 0 Å². The molecule has 0 radical (unpaired) electrons. The average Bonchev–Trinajstić information content (AvgIpc) is 3.70. The molecule has 274 valence electrons. The Hall–Kier alpha value is -5.34. The summed E-state index contributed by atoms with van der Waals surface area (Å²) in [4.78, 5) is 48.9. The second-order valence-electron chi connectivity index (χ2n) is 13.2. The van der Waals surface area contributed by atoms with Crippen LogP contribution in [0.3, 0.4) is 0 Å². The number of nitrogens with one attached hydrogen (secondary N) is 1. The predicted octanol–water partition coefficient (Wildman–Crippen LogP) is 6.90. The maximum Gasteiger partial charge on any atom is 0.417 e. The van der Waals surface area contributed by atoms with Crippen molar-refractivity contribution in [2.75, 3.05) is 38.8 Å². The highest BCUT2D eigenvalue weighted by molar-refractivity contribution is 7.21. The number of fused-ring (bicyclic) bond motifs is 2. The van der Waals surface area contributed by atoms with Gasteiger partial charge in [-0.05, 0) is 84.5 Å². The summed E-state index contributed by atoms with van der Waals surface area (Å²) < 4.78 is 55.4. The van der Waals surface area contributed by atoms with Gasteiger partial charge in [-0.2, -0.15) is 13.2 Å². The van der Waals surface area contributed by atoms with E-state index < -0.39 is 23.7 Å². The minimum absolute atomic E-state index is 0.0417. The van der Waals surface area contributed by atoms with Crippen LogP contribution in [-0.2, 0) is 33.5 Å². The molecule has 1 saturated heterocycles. The largest absolute Gasteiger partial charge is 0.491 e. The van der Waals surface area contributed by atoms with Crippen LogP contribution in [0.5, 0.6) is 5.75 Å². The molecule has 1 atom stereocenters. The first kappa shape index (κ1) is 36.0. The molecule has 2 aliphatic rings. The molecule has 14 heteroatoms. The van der Waals surface area contributed by atoms with Gasteiger partial charge < -0.3 is 19.3 Å². The summed E-state index contributed by atoms with van der Waals surface area (Å²) in [6.45, 7) is 1.42. The normalized spacial score (nSPS) is 15.9. The highest BCUT2D eigenvalue weighted by Gasteiger charge is 2.39. The maximum atomic E-state index is 14.3. The van der Waals surface area contributed by atoms with Crippen molar-refractivity contribution in [3.8, 4) is 27.4 Å². The van der Waals surface area contributed by atoms with Gasteiger partial charge in [-0.25, -0.2) is 9.97 Å². The fourth-order valence-corrected chi connectivity index (χ4v) is 7.61. The first-order valence-corrected chi connectivity index (χ1v) is 18.0. The zero-order chi connectivity index (χ0) is 37.3. The summed E-state index contributed by atoms with van der Waals surface area (Å²) >= 11 is 1.24. The number of nitrogens with zero attached hydrogens (tertiary/aromatic N) is 4. The van der Waals surface area contributed by atoms with E-state index in [1.54, 1.807) is 42.6 Å². The number of alkyl halides is 3. The number of thiazole rings is 1. The van der Waals surface area contributed by atoms with E-state index >= 15 is 0 Å². The van der Waals surface area contributed by atoms with Crippen LogP contribution in [0.4, 0.5) is 19.0 Å². The zero-order valence-electron chi connectivity index (χ0n) is 29.0. The first-order valence-electron chi connectivity index (χ1n) is 17.2. The number of benzene rings is 3. The Balaban J connectivity index is 0.905. The molecular weight excluding hydrogens is 708 g/mol. The number of halogens is 3. The van der Waals surface area contributed by atoms with Gasteiger partial charge in [-0.1, -0.05) is 18.2 Å². The number of carbonyl (C=O) groups is 3. The van der Waals surface area contributed by atoms with Gasteiger partial charge in [0.1, 0.15) is 29.2 Å². The number of hydrogen-bond acceptors (Lipinski definition) is 9. The molecule has 53 heavy (non-hydrogen) atoms. The Morgan fingerprint density at radius 3 is 2.51 bits per heavy atom. The van der Waals surface area contributed by atoms with E-state index in [4.69, 9.17) is 9.47 Å². The van der Waals surface area contributed by atoms with Crippen LogP contribution in [0.2, 0.25) is 0 Å². The molecule has 0 saturated carbocycles. The van der Waals surface area contributed by atoms with Gasteiger partial charge in [0.25, 0.3) is 5.91 Å². The van der Waals surface area contributed by atoms with Crippen LogP contribution in [0, 0.1) is 0 Å². The fraction of sp³-hybridized carbons (Fsp3) is 0.308. The lowest BCUT2D eigenvalue weighted by atomic mass is 10.00. The number of carbonyl (C=O) groups excluding carboxylic acids is 3. The van der Waals surface area contributed by atoms with Gasteiger partial charge in [-0.3, -0.25) is 19.7 Å². The van der Waals surface area contributed by atoms with Crippen LogP contribution in [0.1, 0.15) is 46.3 Å². The molecule has 1 unspecified atom stereocenters. The molecule has 0 aliphatic carbocycles. The zero-order valence-corrected chi connectivity index (χ0v) is 29.9. The molecule has 3 aromatic carbocycles. The van der Waals surface area contributed by atoms with E-state index in [-0.39, 0.29) is 30.3 Å². The molecule has 7 rings (SSSR count). The van der Waals surface area contributed by atoms with Crippen LogP contribution < -0.4 is 15.0 Å². The maximum absolute atomic E-state index is 14.3. The third-order valence-corrected chi connectivity index (χ3v) is 10.3. The lowest BCUT2D eigenvalue weighted by molar-refractivity contribution is -0.138. The van der Waals surface area contributed by atoms with Crippen molar-refractivity contribution in [1.82, 2.24) is 20.2 Å². The van der Waals surface area contributed by atoms with Gasteiger partial charge >= 0.3 is 6.18 Å². The number of amides is 3. The number of aryl methyl sites for hydroxylation is 1. The lowest BCUT2D eigenvalue weighted by Gasteiger charge is -2.29. The number of anilines is 1. The Morgan fingerprint density at radius 1 is 0.943 bits per heavy atom. The summed E-state index contributed by atoms with van der Waals surface area (Å²) in [6, 6.07) is 18.1. The predicted molar refractivity (Wildman–Crippen MR) is 195 cm³/mol. The SMILES string of the molecule is CN(C)c1ccc(-c2ccc(-c3nc4ccc(CCCOCCOc5ccc6c(c5)CN(C5CCC(=O)NC5=O)C6=O)cc4s3)c(C(F)(F)F)c2)cn1. The summed E-state index contributed by atoms with van der Waals surface area (Å²) in [7, 11) is 3.70. The molecule has 3 amide bonds. The van der Waals surface area contributed by atoms with E-state index in [9.17, 15) is 27.6 Å². The van der Waals surface area contributed by atoms with Crippen molar-refractivity contribution < 1.29 is 37.0 Å². The summed E-state index contributed by atoms with van der Waals surface area (Å²) in [5.74, 6) is 0.294. The van der Waals surface area contributed by atoms with E-state index in [0.717, 1.165) is 34.7 Å². The van der Waals surface area contributed by atoms with Crippen molar-refractivity contribution in [3.63, 3.8) is 0 Å². The molecule has 2 aliphatic heterocycles. The number of hydrogen-bond donors (Lipinski definition) is 1. The van der Waals surface area contributed by atoms with E-state index in [0.29, 0.717) is 65.0 Å². The standard InChI is InChI=1S/C39H36F3N5O5S/c1-46(2)34-13-7-25(21-43-34)24-6-9-29(30(20-24)39(40,41)42)37-44-31-11-5-23(18-33(31)53-37)4-3-15-51-16-17-52-27-8-10-28-26(19-27)22-47(38(28)50)32-12-14-35(48)45-36(32)49/h5-11,13,18-21,32H,3-4,12,14-17,22H2,1-2H3,(H,45,48,49). The van der Waals surface area contributed by atoms with Gasteiger partial charge in [0.15, 0.2) is 0 Å². The molecule has 1 fully saturated rings. The highest BCUT2D eigenvalue weighted by Crippen LogP contribution is 2.42. The molecule has 2 aromatic heterocycles. The average molecular weight is 744 g/mol. The fourth-order valence-electron chi connectivity index (χ4n) is 6.55. The molecule has 1 N–H and O–H groups in total. The number of piperidine rings is 1. The number of pyridine rings is 1. The number of ether oxygens (including phenoxy) is 2. The van der Waals surface area contributed by atoms with Crippen molar-refractivity contribution >= 4 is 45.1 Å². The van der Waals surface area contributed by atoms with Gasteiger partial charge in [-0.15, -0.1) is 11.3 Å². The van der Waals surface area contributed by atoms with Crippen molar-refractivity contribution in [2.45, 2.75) is 44.4 Å². The number of rotatable bonds is 12. The monoisotopic (exact) mass is 743 g/mol. The van der Waals surface area contributed by atoms with E-state index in [1.165, 1.54) is 22.3 Å². The molecule has 0 bridgehead atoms. The van der Waals surface area contributed by atoms with Gasteiger partial charge in [0.2, 0.25) is 11.8 Å². The lowest BCUT2D eigenvalue weighted by Crippen LogP contribution is -2.52. The molecule has 0 spiro atoms. The van der Waals surface area contributed by atoms with Gasteiger partial charge in [0.05, 0.1) is 22.4 Å². The third-order valence-electron chi connectivity index (χ3n) is 9.29. The molecule has 10 nitrogen and oxygen atoms in total.